The Morgan fingerprint density at radius 1 is 1.21 bits per heavy atom. The van der Waals surface area contributed by atoms with Gasteiger partial charge < -0.3 is 14.4 Å². The van der Waals surface area contributed by atoms with Gasteiger partial charge in [0.2, 0.25) is 0 Å². The number of hydrogen-bond acceptors (Lipinski definition) is 3. The van der Waals surface area contributed by atoms with E-state index in [1.165, 1.54) is 12.1 Å². The van der Waals surface area contributed by atoms with Gasteiger partial charge >= 0.3 is 12.3 Å². The van der Waals surface area contributed by atoms with Crippen LogP contribution in [-0.2, 0) is 17.8 Å². The van der Waals surface area contributed by atoms with E-state index in [-0.39, 0.29) is 12.2 Å². The average molecular weight is 427 g/mol. The first-order valence-electron chi connectivity index (χ1n) is 8.70. The number of nitrogens with one attached hydrogen (secondary N) is 1. The van der Waals surface area contributed by atoms with E-state index < -0.39 is 18.4 Å². The van der Waals surface area contributed by atoms with Crippen LogP contribution < -0.4 is 9.57 Å². The van der Waals surface area contributed by atoms with E-state index in [1.807, 2.05) is 35.8 Å². The van der Waals surface area contributed by atoms with Crippen molar-refractivity contribution < 1.29 is 27.8 Å². The maximum Gasteiger partial charge on any atom is 0.573 e. The molecule has 29 heavy (non-hydrogen) atoms. The molecular formula is C20H18ClF3N2O3. The number of hydrogen-bond donors (Lipinski definition) is 2. The third-order valence-corrected chi connectivity index (χ3v) is 4.96. The van der Waals surface area contributed by atoms with Crippen LogP contribution in [-0.4, -0.2) is 28.0 Å². The predicted octanol–water partition coefficient (Wildman–Crippen LogP) is 4.64. The highest BCUT2D eigenvalue weighted by molar-refractivity contribution is 6.14. The summed E-state index contributed by atoms with van der Waals surface area (Å²) in [7, 11) is 0. The van der Waals surface area contributed by atoms with Crippen LogP contribution in [0.15, 0.2) is 48.5 Å². The number of benzene rings is 2. The smallest absolute Gasteiger partial charge is 0.480 e. The van der Waals surface area contributed by atoms with Gasteiger partial charge in [0, 0.05) is 29.6 Å². The molecule has 2 aromatic carbocycles. The van der Waals surface area contributed by atoms with Gasteiger partial charge in [-0.05, 0) is 48.0 Å². The fourth-order valence-corrected chi connectivity index (χ4v) is 3.49. The van der Waals surface area contributed by atoms with E-state index in [0.717, 1.165) is 27.7 Å². The molecule has 0 radical (unpaired) electrons. The molecular weight excluding hydrogens is 409 g/mol. The van der Waals surface area contributed by atoms with Crippen LogP contribution >= 0.6 is 11.8 Å². The Morgan fingerprint density at radius 2 is 1.86 bits per heavy atom. The van der Waals surface area contributed by atoms with Crippen molar-refractivity contribution in [1.82, 2.24) is 9.40 Å². The normalized spacial score (nSPS) is 12.9. The van der Waals surface area contributed by atoms with Crippen LogP contribution in [0.5, 0.6) is 5.75 Å². The van der Waals surface area contributed by atoms with Crippen molar-refractivity contribution in [3.8, 4) is 5.75 Å². The zero-order valence-corrected chi connectivity index (χ0v) is 16.1. The average Bonchev–Trinajstić information content (AvgIpc) is 2.91. The second-order valence-electron chi connectivity index (χ2n) is 6.56. The molecule has 1 heterocycles. The fourth-order valence-electron chi connectivity index (χ4n) is 3.32. The van der Waals surface area contributed by atoms with E-state index in [2.05, 4.69) is 9.57 Å². The number of para-hydroxylation sites is 1. The second kappa shape index (κ2) is 8.34. The number of carbonyl (C=O) groups is 1. The largest absolute Gasteiger partial charge is 0.573 e. The van der Waals surface area contributed by atoms with Crippen LogP contribution in [0.1, 0.15) is 16.8 Å². The summed E-state index contributed by atoms with van der Waals surface area (Å²) >= 11 is 5.58. The molecule has 0 unspecified atom stereocenters. The number of nitrogens with zero attached hydrogens (tertiary/aromatic N) is 1. The molecule has 1 aromatic heterocycles. The molecule has 1 atom stereocenters. The number of aromatic nitrogens is 1. The molecule has 3 rings (SSSR count). The van der Waals surface area contributed by atoms with Crippen molar-refractivity contribution in [2.45, 2.75) is 32.3 Å². The fraction of sp³-hybridized carbons (Fsp3) is 0.250. The van der Waals surface area contributed by atoms with Crippen LogP contribution in [0.4, 0.5) is 13.2 Å². The van der Waals surface area contributed by atoms with Gasteiger partial charge in [0.05, 0.1) is 0 Å². The van der Waals surface area contributed by atoms with Gasteiger partial charge in [0.25, 0.3) is 0 Å². The summed E-state index contributed by atoms with van der Waals surface area (Å²) in [4.78, 5) is 13.6. The highest BCUT2D eigenvalue weighted by Gasteiger charge is 2.31. The van der Waals surface area contributed by atoms with Crippen LogP contribution in [0.25, 0.3) is 10.9 Å². The number of aliphatic carboxylic acids is 1. The zero-order valence-electron chi connectivity index (χ0n) is 15.3. The Morgan fingerprint density at radius 3 is 2.45 bits per heavy atom. The Kier molecular flexibility index (Phi) is 6.04. The van der Waals surface area contributed by atoms with E-state index in [4.69, 9.17) is 11.8 Å². The maximum absolute atomic E-state index is 12.3. The van der Waals surface area contributed by atoms with E-state index in [0.29, 0.717) is 6.54 Å². The molecule has 0 aliphatic heterocycles. The number of rotatable bonds is 7. The second-order valence-corrected chi connectivity index (χ2v) is 6.78. The molecule has 0 amide bonds. The van der Waals surface area contributed by atoms with Crippen molar-refractivity contribution in [3.63, 3.8) is 0 Å². The topological polar surface area (TPSA) is 63.5 Å². The number of fused-ring (bicyclic) bond motifs is 1. The summed E-state index contributed by atoms with van der Waals surface area (Å²) in [6, 6.07) is 12.3. The van der Waals surface area contributed by atoms with Crippen molar-refractivity contribution in [2.75, 3.05) is 0 Å². The summed E-state index contributed by atoms with van der Waals surface area (Å²) < 4.78 is 42.9. The van der Waals surface area contributed by atoms with E-state index >= 15 is 0 Å². The molecule has 0 bridgehead atoms. The number of carboxylic acids is 1. The van der Waals surface area contributed by atoms with Crippen LogP contribution in [0.2, 0.25) is 0 Å². The Balaban J connectivity index is 1.94. The molecule has 0 aliphatic carbocycles. The predicted molar refractivity (Wildman–Crippen MR) is 103 cm³/mol. The van der Waals surface area contributed by atoms with Gasteiger partial charge in [-0.25, -0.2) is 4.84 Å². The molecule has 0 aliphatic rings. The number of halogens is 4. The van der Waals surface area contributed by atoms with Gasteiger partial charge in [-0.3, -0.25) is 4.79 Å². The monoisotopic (exact) mass is 426 g/mol. The third-order valence-electron chi connectivity index (χ3n) is 4.70. The SMILES string of the molecule is Cc1c(C[C@H](NCl)C(=O)O)c2ccccc2n1Cc1ccc(OC(F)(F)F)cc1. The van der Waals surface area contributed by atoms with Gasteiger partial charge in [-0.15, -0.1) is 13.2 Å². The van der Waals surface area contributed by atoms with Crippen molar-refractivity contribution >= 4 is 28.6 Å². The van der Waals surface area contributed by atoms with Crippen LogP contribution in [0.3, 0.4) is 0 Å². The van der Waals surface area contributed by atoms with Crippen molar-refractivity contribution in [3.05, 3.63) is 65.4 Å². The molecule has 0 fully saturated rings. The summed E-state index contributed by atoms with van der Waals surface area (Å²) in [6.07, 6.45) is -4.54. The molecule has 0 saturated carbocycles. The van der Waals surface area contributed by atoms with Gasteiger partial charge in [0.1, 0.15) is 11.8 Å². The molecule has 0 saturated heterocycles. The lowest BCUT2D eigenvalue weighted by atomic mass is 10.0. The summed E-state index contributed by atoms with van der Waals surface area (Å²) in [5.74, 6) is -1.34. The lowest BCUT2D eigenvalue weighted by Gasteiger charge is -2.12. The summed E-state index contributed by atoms with van der Waals surface area (Å²) in [5.41, 5.74) is 3.38. The third kappa shape index (κ3) is 4.83. The van der Waals surface area contributed by atoms with Crippen molar-refractivity contribution in [1.29, 1.82) is 0 Å². The lowest BCUT2D eigenvalue weighted by molar-refractivity contribution is -0.274. The number of ether oxygens (including phenoxy) is 1. The minimum absolute atomic E-state index is 0.191. The van der Waals surface area contributed by atoms with E-state index in [9.17, 15) is 23.1 Å². The quantitative estimate of drug-likeness (QED) is 0.540. The molecule has 5 nitrogen and oxygen atoms in total. The highest BCUT2D eigenvalue weighted by Crippen LogP contribution is 2.29. The lowest BCUT2D eigenvalue weighted by Crippen LogP contribution is -2.32. The molecule has 154 valence electrons. The van der Waals surface area contributed by atoms with Gasteiger partial charge in [-0.2, -0.15) is 0 Å². The first-order chi connectivity index (χ1) is 13.7. The minimum Gasteiger partial charge on any atom is -0.480 e. The standard InChI is InChI=1S/C20H18ClF3N2O3/c1-12-16(10-17(25-21)19(27)28)15-4-2-3-5-18(15)26(12)11-13-6-8-14(9-7-13)29-20(22,23)24/h2-9,17,25H,10-11H2,1H3,(H,27,28)/t17-/m0/s1. The van der Waals surface area contributed by atoms with Crippen molar-refractivity contribution in [2.24, 2.45) is 0 Å². The first kappa shape index (κ1) is 21.0. The van der Waals surface area contributed by atoms with Crippen LogP contribution in [0, 0.1) is 6.92 Å². The zero-order chi connectivity index (χ0) is 21.2. The number of alkyl halides is 3. The molecule has 3 aromatic rings. The summed E-state index contributed by atoms with van der Waals surface area (Å²) in [6.45, 7) is 2.29. The van der Waals surface area contributed by atoms with E-state index in [1.54, 1.807) is 12.1 Å². The number of carboxylic acid groups (broad SMARTS) is 1. The maximum atomic E-state index is 12.3. The van der Waals surface area contributed by atoms with Gasteiger partial charge in [-0.1, -0.05) is 30.3 Å². The highest BCUT2D eigenvalue weighted by atomic mass is 35.5. The van der Waals surface area contributed by atoms with Gasteiger partial charge in [0.15, 0.2) is 0 Å². The Hall–Kier alpha value is -2.71. The minimum atomic E-state index is -4.74. The first-order valence-corrected chi connectivity index (χ1v) is 9.07. The molecule has 2 N–H and O–H groups in total. The summed E-state index contributed by atoms with van der Waals surface area (Å²) in [5, 5.41) is 10.2. The molecule has 9 heteroatoms. The molecule has 0 spiro atoms. The Labute approximate surface area is 169 Å². The Bertz CT molecular complexity index is 1020.